The molecule has 1 unspecified atom stereocenters. The quantitative estimate of drug-likeness (QED) is 0.695. The molecule has 0 spiro atoms. The predicted molar refractivity (Wildman–Crippen MR) is 76.9 cm³/mol. The second kappa shape index (κ2) is 8.10. The molecule has 0 aliphatic carbocycles. The first-order valence-electron chi connectivity index (χ1n) is 7.40. The normalized spacial score (nSPS) is 26.5. The molecule has 1 fully saturated rings. The summed E-state index contributed by atoms with van der Waals surface area (Å²) in [5.74, 6) is 0. The van der Waals surface area contributed by atoms with E-state index >= 15 is 0 Å². The van der Waals surface area contributed by atoms with E-state index in [0.29, 0.717) is 0 Å². The second-order valence-electron chi connectivity index (χ2n) is 5.33. The highest BCUT2D eigenvalue weighted by Crippen LogP contribution is 2.27. The van der Waals surface area contributed by atoms with E-state index in [9.17, 15) is 0 Å². The van der Waals surface area contributed by atoms with E-state index in [0.717, 1.165) is 32.8 Å². The van der Waals surface area contributed by atoms with Crippen LogP contribution in [0.15, 0.2) is 0 Å². The van der Waals surface area contributed by atoms with Crippen molar-refractivity contribution >= 4 is 0 Å². The molecule has 1 saturated heterocycles. The molecule has 1 atom stereocenters. The Labute approximate surface area is 112 Å². The third-order valence-corrected chi connectivity index (χ3v) is 4.42. The van der Waals surface area contributed by atoms with Gasteiger partial charge in [-0.2, -0.15) is 0 Å². The largest absolute Gasteiger partial charge is 0.380 e. The van der Waals surface area contributed by atoms with Crippen LogP contribution >= 0.6 is 0 Å². The summed E-state index contributed by atoms with van der Waals surface area (Å²) in [6, 6.07) is 0. The second-order valence-corrected chi connectivity index (χ2v) is 5.33. The molecule has 4 nitrogen and oxygen atoms in total. The van der Waals surface area contributed by atoms with Gasteiger partial charge in [-0.3, -0.25) is 4.90 Å². The minimum atomic E-state index is 0.182. The molecule has 0 aromatic carbocycles. The number of nitrogens with zero attached hydrogens (tertiary/aromatic N) is 2. The number of nitrogens with two attached hydrogens (primary N) is 1. The smallest absolute Gasteiger partial charge is 0.0593 e. The molecule has 0 amide bonds. The molecule has 108 valence electrons. The minimum Gasteiger partial charge on any atom is -0.380 e. The molecule has 0 aromatic rings. The lowest BCUT2D eigenvalue weighted by Gasteiger charge is -2.41. The van der Waals surface area contributed by atoms with Gasteiger partial charge in [0.05, 0.1) is 6.61 Å². The van der Waals surface area contributed by atoms with Crippen LogP contribution in [-0.2, 0) is 4.74 Å². The van der Waals surface area contributed by atoms with Gasteiger partial charge in [-0.1, -0.05) is 6.92 Å². The zero-order valence-corrected chi connectivity index (χ0v) is 12.5. The van der Waals surface area contributed by atoms with Gasteiger partial charge >= 0.3 is 0 Å². The predicted octanol–water partition coefficient (Wildman–Crippen LogP) is 1.16. The van der Waals surface area contributed by atoms with Gasteiger partial charge in [0.2, 0.25) is 0 Å². The van der Waals surface area contributed by atoms with Crippen molar-refractivity contribution in [2.45, 2.75) is 38.6 Å². The average Bonchev–Trinajstić information content (AvgIpc) is 2.61. The Hall–Kier alpha value is -0.160. The Kier molecular flexibility index (Phi) is 7.15. The molecular formula is C14H31N3O. The maximum absolute atomic E-state index is 6.10. The van der Waals surface area contributed by atoms with Gasteiger partial charge in [-0.15, -0.1) is 0 Å². The molecule has 18 heavy (non-hydrogen) atoms. The summed E-state index contributed by atoms with van der Waals surface area (Å²) in [4.78, 5) is 4.97. The van der Waals surface area contributed by atoms with Crippen molar-refractivity contribution in [1.82, 2.24) is 9.80 Å². The van der Waals surface area contributed by atoms with Crippen LogP contribution in [0.4, 0.5) is 0 Å². The molecule has 1 rings (SSSR count). The van der Waals surface area contributed by atoms with Crippen LogP contribution < -0.4 is 5.73 Å². The summed E-state index contributed by atoms with van der Waals surface area (Å²) in [5.41, 5.74) is 6.28. The van der Waals surface area contributed by atoms with Crippen molar-refractivity contribution in [2.75, 3.05) is 53.0 Å². The van der Waals surface area contributed by atoms with Crippen LogP contribution in [0.1, 0.15) is 33.1 Å². The van der Waals surface area contributed by atoms with Crippen LogP contribution in [0.5, 0.6) is 0 Å². The summed E-state index contributed by atoms with van der Waals surface area (Å²) in [5, 5.41) is 0. The zero-order chi connectivity index (χ0) is 13.4. The fourth-order valence-electron chi connectivity index (χ4n) is 2.88. The molecule has 0 saturated carbocycles. The highest BCUT2D eigenvalue weighted by atomic mass is 16.5. The number of likely N-dealkylation sites (N-methyl/N-ethyl adjacent to an activating group) is 1. The fourth-order valence-corrected chi connectivity index (χ4v) is 2.88. The van der Waals surface area contributed by atoms with Gasteiger partial charge in [-0.25, -0.2) is 0 Å². The first-order chi connectivity index (χ1) is 8.68. The number of rotatable bonds is 7. The van der Waals surface area contributed by atoms with Crippen molar-refractivity contribution < 1.29 is 4.74 Å². The molecule has 0 radical (unpaired) electrons. The van der Waals surface area contributed by atoms with Crippen molar-refractivity contribution in [1.29, 1.82) is 0 Å². The average molecular weight is 257 g/mol. The highest BCUT2D eigenvalue weighted by molar-refractivity contribution is 4.93. The van der Waals surface area contributed by atoms with E-state index in [1.807, 2.05) is 6.92 Å². The van der Waals surface area contributed by atoms with Crippen molar-refractivity contribution in [3.8, 4) is 0 Å². The van der Waals surface area contributed by atoms with Gasteiger partial charge in [0.15, 0.2) is 0 Å². The van der Waals surface area contributed by atoms with Crippen LogP contribution in [0.25, 0.3) is 0 Å². The maximum atomic E-state index is 6.10. The lowest BCUT2D eigenvalue weighted by Crippen LogP contribution is -2.53. The SMILES string of the molecule is CCOCCN(C)C1(CN)CCCN(CC)CC1. The highest BCUT2D eigenvalue weighted by Gasteiger charge is 2.34. The lowest BCUT2D eigenvalue weighted by atomic mass is 9.89. The molecular weight excluding hydrogens is 226 g/mol. The summed E-state index contributed by atoms with van der Waals surface area (Å²) >= 11 is 0. The standard InChI is InChI=1S/C14H31N3O/c1-4-17-9-6-7-14(13-15,8-10-17)16(3)11-12-18-5-2/h4-13,15H2,1-3H3. The van der Waals surface area contributed by atoms with Crippen LogP contribution in [0.3, 0.4) is 0 Å². The Morgan fingerprint density at radius 1 is 1.28 bits per heavy atom. The van der Waals surface area contributed by atoms with E-state index in [4.69, 9.17) is 10.5 Å². The van der Waals surface area contributed by atoms with Crippen LogP contribution in [0.2, 0.25) is 0 Å². The minimum absolute atomic E-state index is 0.182. The topological polar surface area (TPSA) is 41.7 Å². The van der Waals surface area contributed by atoms with E-state index in [1.54, 1.807) is 0 Å². The Morgan fingerprint density at radius 3 is 2.67 bits per heavy atom. The van der Waals surface area contributed by atoms with Gasteiger partial charge in [0, 0.05) is 25.2 Å². The first-order valence-corrected chi connectivity index (χ1v) is 7.40. The number of hydrogen-bond acceptors (Lipinski definition) is 4. The van der Waals surface area contributed by atoms with E-state index in [2.05, 4.69) is 23.8 Å². The molecule has 0 aromatic heterocycles. The summed E-state index contributed by atoms with van der Waals surface area (Å²) in [6.07, 6.45) is 3.65. The summed E-state index contributed by atoms with van der Waals surface area (Å²) in [6.45, 7) is 11.2. The Morgan fingerprint density at radius 2 is 2.06 bits per heavy atom. The fraction of sp³-hybridized carbons (Fsp3) is 1.00. The van der Waals surface area contributed by atoms with E-state index in [1.165, 1.54) is 32.4 Å². The van der Waals surface area contributed by atoms with Crippen LogP contribution in [0, 0.1) is 0 Å². The first kappa shape index (κ1) is 15.9. The Bertz CT molecular complexity index is 225. The molecule has 4 heteroatoms. The Balaban J connectivity index is 2.54. The van der Waals surface area contributed by atoms with Gasteiger partial charge in [0.1, 0.15) is 0 Å². The van der Waals surface area contributed by atoms with Crippen LogP contribution in [-0.4, -0.2) is 68.3 Å². The van der Waals surface area contributed by atoms with E-state index in [-0.39, 0.29) is 5.54 Å². The van der Waals surface area contributed by atoms with Gasteiger partial charge in [-0.05, 0) is 52.9 Å². The monoisotopic (exact) mass is 257 g/mol. The summed E-state index contributed by atoms with van der Waals surface area (Å²) in [7, 11) is 2.20. The third-order valence-electron chi connectivity index (χ3n) is 4.42. The maximum Gasteiger partial charge on any atom is 0.0593 e. The van der Waals surface area contributed by atoms with Crippen molar-refractivity contribution in [3.05, 3.63) is 0 Å². The molecule has 1 aliphatic rings. The lowest BCUT2D eigenvalue weighted by molar-refractivity contribution is 0.0588. The number of ether oxygens (including phenoxy) is 1. The van der Waals surface area contributed by atoms with E-state index < -0.39 is 0 Å². The molecule has 1 aliphatic heterocycles. The van der Waals surface area contributed by atoms with Crippen molar-refractivity contribution in [3.63, 3.8) is 0 Å². The number of likely N-dealkylation sites (tertiary alicyclic amines) is 1. The van der Waals surface area contributed by atoms with Gasteiger partial charge in [0.25, 0.3) is 0 Å². The molecule has 1 heterocycles. The third kappa shape index (κ3) is 4.19. The molecule has 0 bridgehead atoms. The molecule has 2 N–H and O–H groups in total. The van der Waals surface area contributed by atoms with Crippen molar-refractivity contribution in [2.24, 2.45) is 5.73 Å². The van der Waals surface area contributed by atoms with Gasteiger partial charge < -0.3 is 15.4 Å². The summed E-state index contributed by atoms with van der Waals surface area (Å²) < 4.78 is 5.47. The number of hydrogen-bond donors (Lipinski definition) is 1. The zero-order valence-electron chi connectivity index (χ0n) is 12.5.